The molecule has 0 spiro atoms. The number of esters is 2. The first kappa shape index (κ1) is 27.4. The first-order valence-corrected chi connectivity index (χ1v) is 13.6. The van der Waals surface area contributed by atoms with Crippen molar-refractivity contribution in [2.24, 2.45) is 5.92 Å². The lowest BCUT2D eigenvalue weighted by Gasteiger charge is -2.36. The van der Waals surface area contributed by atoms with Crippen LogP contribution in [-0.2, 0) is 19.1 Å². The van der Waals surface area contributed by atoms with Crippen LogP contribution in [0.5, 0.6) is 11.5 Å². The summed E-state index contributed by atoms with van der Waals surface area (Å²) in [6.07, 6.45) is 1.56. The van der Waals surface area contributed by atoms with Crippen molar-refractivity contribution < 1.29 is 33.3 Å². The Morgan fingerprint density at radius 1 is 0.875 bits per heavy atom. The number of ether oxygens (including phenoxy) is 4. The Bertz CT molecular complexity index is 1260. The molecule has 0 aliphatic carbocycles. The van der Waals surface area contributed by atoms with Crippen molar-refractivity contribution in [3.05, 3.63) is 95.6 Å². The molecule has 0 atom stereocenters. The third-order valence-corrected chi connectivity index (χ3v) is 7.55. The molecule has 0 amide bonds. The maximum Gasteiger partial charge on any atom is 0.421 e. The summed E-state index contributed by atoms with van der Waals surface area (Å²) in [5.74, 6) is -1.12. The molecular weight excluding hydrogens is 510 g/mol. The van der Waals surface area contributed by atoms with Crippen molar-refractivity contribution in [2.45, 2.75) is 31.5 Å². The summed E-state index contributed by atoms with van der Waals surface area (Å²) in [7, 11) is 1.48. The van der Waals surface area contributed by atoms with Crippen LogP contribution >= 0.6 is 0 Å². The molecule has 208 valence electrons. The molecular formula is C32H33NO7. The first-order valence-electron chi connectivity index (χ1n) is 13.6. The quantitative estimate of drug-likeness (QED) is 0.150. The molecule has 3 aromatic carbocycles. The second-order valence-electron chi connectivity index (χ2n) is 10.1. The van der Waals surface area contributed by atoms with E-state index in [1.165, 1.54) is 30.4 Å². The highest BCUT2D eigenvalue weighted by Crippen LogP contribution is 2.38. The number of benzene rings is 3. The van der Waals surface area contributed by atoms with Crippen molar-refractivity contribution in [3.8, 4) is 11.5 Å². The second kappa shape index (κ2) is 12.8. The van der Waals surface area contributed by atoms with Crippen LogP contribution in [0.15, 0.2) is 78.9 Å². The van der Waals surface area contributed by atoms with E-state index in [1.54, 1.807) is 6.07 Å². The molecule has 0 bridgehead atoms. The molecule has 40 heavy (non-hydrogen) atoms. The third-order valence-electron chi connectivity index (χ3n) is 7.55. The number of nitrogens with zero attached hydrogens (tertiary/aromatic N) is 1. The molecule has 0 saturated carbocycles. The maximum atomic E-state index is 12.5. The fourth-order valence-electron chi connectivity index (χ4n) is 5.54. The zero-order valence-electron chi connectivity index (χ0n) is 22.5. The zero-order valence-corrected chi connectivity index (χ0v) is 22.5. The third kappa shape index (κ3) is 6.34. The van der Waals surface area contributed by atoms with Gasteiger partial charge in [-0.2, -0.15) is 0 Å². The largest absolute Gasteiger partial charge is 0.493 e. The zero-order chi connectivity index (χ0) is 27.9. The number of carbonyl (C=O) groups is 3. The number of cyclic esters (lactones) is 2. The number of Topliss-reactive ketones (excluding diaryl/α,β-unsaturated/α-hetero) is 1. The van der Waals surface area contributed by atoms with Gasteiger partial charge in [0.1, 0.15) is 0 Å². The average molecular weight is 544 g/mol. The summed E-state index contributed by atoms with van der Waals surface area (Å²) in [4.78, 5) is 37.5. The predicted molar refractivity (Wildman–Crippen MR) is 147 cm³/mol. The van der Waals surface area contributed by atoms with E-state index < -0.39 is 24.0 Å². The van der Waals surface area contributed by atoms with Gasteiger partial charge in [0, 0.05) is 18.0 Å². The predicted octanol–water partition coefficient (Wildman–Crippen LogP) is 4.62. The Morgan fingerprint density at radius 3 is 2.05 bits per heavy atom. The van der Waals surface area contributed by atoms with E-state index in [2.05, 4.69) is 75.0 Å². The minimum atomic E-state index is -1.57. The summed E-state index contributed by atoms with van der Waals surface area (Å²) in [5.41, 5.74) is 2.95. The number of ketones is 1. The van der Waals surface area contributed by atoms with Crippen LogP contribution in [0.1, 0.15) is 46.7 Å². The molecule has 2 aliphatic rings. The number of likely N-dealkylation sites (tertiary alicyclic amines) is 1. The molecule has 2 saturated heterocycles. The van der Waals surface area contributed by atoms with Gasteiger partial charge >= 0.3 is 18.2 Å². The maximum absolute atomic E-state index is 12.5. The molecule has 0 aromatic heterocycles. The average Bonchev–Trinajstić information content (AvgIpc) is 3.34. The van der Waals surface area contributed by atoms with E-state index >= 15 is 0 Å². The molecule has 0 radical (unpaired) electrons. The van der Waals surface area contributed by atoms with Gasteiger partial charge in [0.05, 0.1) is 13.7 Å². The number of hydrogen-bond acceptors (Lipinski definition) is 8. The second-order valence-corrected chi connectivity index (χ2v) is 10.1. The van der Waals surface area contributed by atoms with E-state index in [0.717, 1.165) is 38.9 Å². The lowest BCUT2D eigenvalue weighted by Crippen LogP contribution is -2.36. The molecule has 2 aliphatic heterocycles. The topological polar surface area (TPSA) is 91.4 Å². The Kier molecular flexibility index (Phi) is 8.76. The number of rotatable bonds is 11. The minimum Gasteiger partial charge on any atom is -0.493 e. The van der Waals surface area contributed by atoms with Crippen molar-refractivity contribution in [2.75, 3.05) is 33.4 Å². The number of piperidine rings is 1. The van der Waals surface area contributed by atoms with Gasteiger partial charge in [0.25, 0.3) is 0 Å². The smallest absolute Gasteiger partial charge is 0.421 e. The molecule has 3 aromatic rings. The molecule has 8 nitrogen and oxygen atoms in total. The lowest BCUT2D eigenvalue weighted by atomic mass is 9.76. The van der Waals surface area contributed by atoms with Crippen molar-refractivity contribution in [1.82, 2.24) is 4.90 Å². The Balaban J connectivity index is 1.11. The highest BCUT2D eigenvalue weighted by Gasteiger charge is 2.39. The number of methoxy groups -OCH3 is 1. The lowest BCUT2D eigenvalue weighted by molar-refractivity contribution is -0.150. The van der Waals surface area contributed by atoms with Crippen LogP contribution in [0.3, 0.4) is 0 Å². The normalized spacial score (nSPS) is 16.6. The Morgan fingerprint density at radius 2 is 1.48 bits per heavy atom. The van der Waals surface area contributed by atoms with Gasteiger partial charge in [-0.25, -0.2) is 9.59 Å². The standard InChI is InChI=1S/C32H33NO7/c1-37-27-21-25(29(34)32-39-30(35)31(36)40-32)13-14-26(27)38-20-8-17-33-18-15-24(16-19-33)28(22-9-4-2-5-10-22)23-11-6-3-7-12-23/h2-7,9-14,21,24,28,32H,8,15-20H2,1H3. The van der Waals surface area contributed by atoms with Gasteiger partial charge in [-0.1, -0.05) is 60.7 Å². The molecule has 2 fully saturated rings. The molecule has 8 heteroatoms. The van der Waals surface area contributed by atoms with Crippen LogP contribution in [0.2, 0.25) is 0 Å². The molecule has 2 heterocycles. The van der Waals surface area contributed by atoms with Crippen LogP contribution in [0.4, 0.5) is 0 Å². The van der Waals surface area contributed by atoms with Crippen LogP contribution in [0, 0.1) is 5.92 Å². The van der Waals surface area contributed by atoms with Gasteiger partial charge in [-0.3, -0.25) is 4.79 Å². The van der Waals surface area contributed by atoms with Gasteiger partial charge in [-0.05, 0) is 67.6 Å². The SMILES string of the molecule is COc1cc(C(=O)C2OC(=O)C(=O)O2)ccc1OCCCN1CCC(C(c2ccccc2)c2ccccc2)CC1. The van der Waals surface area contributed by atoms with E-state index in [-0.39, 0.29) is 5.56 Å². The fraction of sp³-hybridized carbons (Fsp3) is 0.344. The highest BCUT2D eigenvalue weighted by molar-refractivity contribution is 6.32. The monoisotopic (exact) mass is 543 g/mol. The van der Waals surface area contributed by atoms with E-state index in [4.69, 9.17) is 9.47 Å². The van der Waals surface area contributed by atoms with Gasteiger partial charge in [0.2, 0.25) is 5.78 Å². The molecule has 5 rings (SSSR count). The van der Waals surface area contributed by atoms with Gasteiger partial charge < -0.3 is 23.8 Å². The molecule has 0 N–H and O–H groups in total. The van der Waals surface area contributed by atoms with E-state index in [1.807, 2.05) is 0 Å². The minimum absolute atomic E-state index is 0.184. The summed E-state index contributed by atoms with van der Waals surface area (Å²) < 4.78 is 20.7. The first-order chi connectivity index (χ1) is 19.5. The Hall–Kier alpha value is -4.17. The highest BCUT2D eigenvalue weighted by atomic mass is 16.8. The Labute approximate surface area is 233 Å². The van der Waals surface area contributed by atoms with Gasteiger partial charge in [0.15, 0.2) is 11.5 Å². The summed E-state index contributed by atoms with van der Waals surface area (Å²) in [6, 6.07) is 26.3. The van der Waals surface area contributed by atoms with Gasteiger partial charge in [-0.15, -0.1) is 0 Å². The van der Waals surface area contributed by atoms with E-state index in [9.17, 15) is 14.4 Å². The van der Waals surface area contributed by atoms with E-state index in [0.29, 0.717) is 29.9 Å². The summed E-state index contributed by atoms with van der Waals surface area (Å²) in [5, 5.41) is 0. The summed E-state index contributed by atoms with van der Waals surface area (Å²) in [6.45, 7) is 3.54. The van der Waals surface area contributed by atoms with Crippen LogP contribution in [0.25, 0.3) is 0 Å². The van der Waals surface area contributed by atoms with Crippen molar-refractivity contribution in [1.29, 1.82) is 0 Å². The van der Waals surface area contributed by atoms with Crippen molar-refractivity contribution in [3.63, 3.8) is 0 Å². The number of carbonyl (C=O) groups excluding carboxylic acids is 3. The van der Waals surface area contributed by atoms with Crippen LogP contribution < -0.4 is 9.47 Å². The van der Waals surface area contributed by atoms with Crippen molar-refractivity contribution >= 4 is 17.7 Å². The fourth-order valence-corrected chi connectivity index (χ4v) is 5.54. The molecule has 0 unspecified atom stereocenters. The number of hydrogen-bond donors (Lipinski definition) is 0. The summed E-state index contributed by atoms with van der Waals surface area (Å²) >= 11 is 0. The van der Waals surface area contributed by atoms with Crippen LogP contribution in [-0.4, -0.2) is 62.3 Å².